The molecule has 0 aliphatic carbocycles. The van der Waals surface area contributed by atoms with E-state index < -0.39 is 87.9 Å². The van der Waals surface area contributed by atoms with Crippen LogP contribution in [0.1, 0.15) is 0 Å². The van der Waals surface area contributed by atoms with Crippen molar-refractivity contribution in [3.63, 3.8) is 0 Å². The number of hydrogen-bond acceptors (Lipinski definition) is 21. The second-order valence-corrected chi connectivity index (χ2v) is 5.51. The van der Waals surface area contributed by atoms with Crippen molar-refractivity contribution < 1.29 is 172 Å². The minimum atomic E-state index is -1.73. The molecule has 0 radical (unpaired) electrons. The molecular formula is B12Lu2O21. The smallest absolute Gasteiger partial charge is 0.833 e. The van der Waals surface area contributed by atoms with Crippen LogP contribution in [-0.2, 0) is 68.6 Å². The van der Waals surface area contributed by atoms with E-state index in [-0.39, 0.29) is 73.7 Å². The van der Waals surface area contributed by atoms with Crippen LogP contribution in [0.25, 0.3) is 0 Å². The predicted molar refractivity (Wildman–Crippen MR) is 85.3 cm³/mol. The molecule has 35 heavy (non-hydrogen) atoms. The Labute approximate surface area is 258 Å². The molecule has 0 amide bonds. The molecular weight excluding hydrogens is 816 g/mol. The Morgan fingerprint density at radius 1 is 0.229 bits per heavy atom. The molecule has 6 heterocycles. The standard InChI is InChI=1S/3B4O7.2Lu/c3*5-1-7-3-9-2(6)10-4(8-1)11-3;;/q3*-2;2*+3. The molecule has 6 bridgehead atoms. The van der Waals surface area contributed by atoms with Crippen LogP contribution in [0.5, 0.6) is 0 Å². The molecule has 6 saturated heterocycles. The van der Waals surface area contributed by atoms with E-state index in [0.717, 1.165) is 0 Å². The van der Waals surface area contributed by atoms with Gasteiger partial charge in [0.25, 0.3) is 0 Å². The van der Waals surface area contributed by atoms with E-state index in [9.17, 15) is 30.1 Å². The third kappa shape index (κ3) is 11.1. The Bertz CT molecular complexity index is 439. The van der Waals surface area contributed by atoms with Crippen molar-refractivity contribution in [1.82, 2.24) is 0 Å². The molecule has 21 nitrogen and oxygen atoms in total. The van der Waals surface area contributed by atoms with Crippen molar-refractivity contribution in [2.45, 2.75) is 0 Å². The van der Waals surface area contributed by atoms with Crippen molar-refractivity contribution >= 4 is 87.9 Å². The fourth-order valence-electron chi connectivity index (χ4n) is 2.13. The van der Waals surface area contributed by atoms with Gasteiger partial charge in [0.2, 0.25) is 0 Å². The van der Waals surface area contributed by atoms with Crippen molar-refractivity contribution in [3.8, 4) is 0 Å². The van der Waals surface area contributed by atoms with Crippen molar-refractivity contribution in [2.24, 2.45) is 0 Å². The van der Waals surface area contributed by atoms with Crippen LogP contribution in [-0.4, -0.2) is 87.9 Å². The van der Waals surface area contributed by atoms with Gasteiger partial charge in [-0.3, -0.25) is 0 Å². The molecule has 0 N–H and O–H groups in total. The summed E-state index contributed by atoms with van der Waals surface area (Å²) < 4.78 is 65.6. The number of rotatable bonds is 0. The summed E-state index contributed by atoms with van der Waals surface area (Å²) in [7, 11) is -18.0. The summed E-state index contributed by atoms with van der Waals surface area (Å²) >= 11 is 0. The molecule has 0 spiro atoms. The summed E-state index contributed by atoms with van der Waals surface area (Å²) in [5.41, 5.74) is 0. The van der Waals surface area contributed by atoms with Gasteiger partial charge in [0, 0.05) is 0 Å². The fourth-order valence-corrected chi connectivity index (χ4v) is 2.13. The summed E-state index contributed by atoms with van der Waals surface area (Å²) in [6.45, 7) is 0. The Kier molecular flexibility index (Phi) is 15.4. The SMILES string of the molecule is [Lu+3].[Lu+3].[O-]B1OB2OB([O-])OB(O1)O2.[O-]B1OB2OB([O-])OB(O1)O2.[O-]B1OB2OB([O-])OB(O1)O2. The molecule has 0 unspecified atom stereocenters. The van der Waals surface area contributed by atoms with Gasteiger partial charge in [0.15, 0.2) is 0 Å². The number of hydrogen-bond donors (Lipinski definition) is 0. The molecule has 6 rings (SSSR count). The Balaban J connectivity index is 0.000000180. The van der Waals surface area contributed by atoms with Gasteiger partial charge < -0.3 is 98.7 Å². The zero-order valence-corrected chi connectivity index (χ0v) is 19.3. The van der Waals surface area contributed by atoms with E-state index in [1.54, 1.807) is 0 Å². The van der Waals surface area contributed by atoms with Crippen molar-refractivity contribution in [1.29, 1.82) is 0 Å². The zero-order valence-electron chi connectivity index (χ0n) is 16.0. The molecule has 6 aliphatic heterocycles. The monoisotopic (exact) mass is 818 g/mol. The molecule has 35 heteroatoms. The Morgan fingerprint density at radius 3 is 0.457 bits per heavy atom. The van der Waals surface area contributed by atoms with Gasteiger partial charge in [-0.2, -0.15) is 0 Å². The van der Waals surface area contributed by atoms with Gasteiger partial charge in [-0.05, 0) is 0 Å². The van der Waals surface area contributed by atoms with Gasteiger partial charge in [0.1, 0.15) is 0 Å². The Hall–Kier alpha value is 2.41. The van der Waals surface area contributed by atoms with E-state index in [1.165, 1.54) is 0 Å². The van der Waals surface area contributed by atoms with Crippen LogP contribution in [0.2, 0.25) is 0 Å². The normalized spacial score (nSPS) is 23.1. The quantitative estimate of drug-likeness (QED) is 0.205. The van der Waals surface area contributed by atoms with Gasteiger partial charge in [0.05, 0.1) is 0 Å². The van der Waals surface area contributed by atoms with Crippen molar-refractivity contribution in [2.75, 3.05) is 0 Å². The van der Waals surface area contributed by atoms with E-state index >= 15 is 0 Å². The minimum absolute atomic E-state index is 0. The first kappa shape index (κ1) is 33.6. The molecule has 0 aromatic rings. The van der Waals surface area contributed by atoms with Crippen LogP contribution in [0.4, 0.5) is 0 Å². The average molecular weight is 816 g/mol. The van der Waals surface area contributed by atoms with Crippen molar-refractivity contribution in [3.05, 3.63) is 0 Å². The third-order valence-electron chi connectivity index (χ3n) is 3.33. The maximum absolute atomic E-state index is 10.5. The van der Waals surface area contributed by atoms with Gasteiger partial charge >= 0.3 is 162 Å². The van der Waals surface area contributed by atoms with E-state index in [2.05, 4.69) is 68.6 Å². The van der Waals surface area contributed by atoms with E-state index in [4.69, 9.17) is 0 Å². The predicted octanol–water partition coefficient (Wildman–Crippen LogP) is -12.7. The third-order valence-corrected chi connectivity index (χ3v) is 3.33. The summed E-state index contributed by atoms with van der Waals surface area (Å²) in [5.74, 6) is 0. The molecule has 6 fully saturated rings. The van der Waals surface area contributed by atoms with Gasteiger partial charge in [-0.1, -0.05) is 0 Å². The first-order chi connectivity index (χ1) is 15.7. The minimum Gasteiger partial charge on any atom is -0.833 e. The van der Waals surface area contributed by atoms with Crippen LogP contribution < -0.4 is 30.1 Å². The Morgan fingerprint density at radius 2 is 0.343 bits per heavy atom. The molecule has 0 aromatic carbocycles. The van der Waals surface area contributed by atoms with Crippen LogP contribution in [0.3, 0.4) is 0 Å². The maximum atomic E-state index is 10.5. The maximum Gasteiger partial charge on any atom is 3.00 e. The first-order valence-electron chi connectivity index (χ1n) is 8.49. The zero-order chi connectivity index (χ0) is 23.5. The van der Waals surface area contributed by atoms with Crippen LogP contribution in [0.15, 0.2) is 0 Å². The van der Waals surface area contributed by atoms with E-state index in [0.29, 0.717) is 0 Å². The molecule has 0 atom stereocenters. The topological polar surface area (TPSA) is 277 Å². The molecule has 0 saturated carbocycles. The fraction of sp³-hybridized carbons (Fsp3) is 0. The van der Waals surface area contributed by atoms with Crippen LogP contribution >= 0.6 is 0 Å². The second-order valence-electron chi connectivity index (χ2n) is 5.51. The van der Waals surface area contributed by atoms with E-state index in [1.807, 2.05) is 0 Å². The summed E-state index contributed by atoms with van der Waals surface area (Å²) in [4.78, 5) is 0. The summed E-state index contributed by atoms with van der Waals surface area (Å²) in [6, 6.07) is 0. The molecule has 192 valence electrons. The first-order valence-corrected chi connectivity index (χ1v) is 8.49. The summed E-state index contributed by atoms with van der Waals surface area (Å²) in [5, 5.41) is 62.9. The molecule has 0 aromatic heterocycles. The van der Waals surface area contributed by atoms with Gasteiger partial charge in [-0.15, -0.1) is 0 Å². The second kappa shape index (κ2) is 16.0. The molecule has 6 aliphatic rings. The number of fused-ring (bicyclic) bond motifs is 6. The summed E-state index contributed by atoms with van der Waals surface area (Å²) in [6.07, 6.45) is 0. The van der Waals surface area contributed by atoms with Crippen LogP contribution in [0, 0.1) is 73.7 Å². The van der Waals surface area contributed by atoms with Gasteiger partial charge in [-0.25, -0.2) is 0 Å². The largest absolute Gasteiger partial charge is 3.00 e. The average Bonchev–Trinajstić information content (AvgIpc) is 2.65.